The summed E-state index contributed by atoms with van der Waals surface area (Å²) < 4.78 is 5.61. The second-order valence-electron chi connectivity index (χ2n) is 4.51. The largest absolute Gasteiger partial charge is 0.492 e. The molecule has 2 aromatic rings. The van der Waals surface area contributed by atoms with Gasteiger partial charge in [0.1, 0.15) is 17.2 Å². The summed E-state index contributed by atoms with van der Waals surface area (Å²) in [6.07, 6.45) is 0.935. The van der Waals surface area contributed by atoms with Gasteiger partial charge in [-0.2, -0.15) is 0 Å². The summed E-state index contributed by atoms with van der Waals surface area (Å²) in [5, 5.41) is 8.05. The van der Waals surface area contributed by atoms with Gasteiger partial charge in [0, 0.05) is 13.1 Å². The van der Waals surface area contributed by atoms with E-state index in [4.69, 9.17) is 4.74 Å². The molecule has 0 saturated carbocycles. The molecule has 5 heteroatoms. The molecule has 0 unspecified atom stereocenters. The van der Waals surface area contributed by atoms with Gasteiger partial charge in [0.25, 0.3) is 5.91 Å². The van der Waals surface area contributed by atoms with Crippen LogP contribution in [0.25, 0.3) is 0 Å². The molecule has 0 fully saturated rings. The summed E-state index contributed by atoms with van der Waals surface area (Å²) in [6, 6.07) is 11.6. The summed E-state index contributed by atoms with van der Waals surface area (Å²) in [5.74, 6) is 0.837. The van der Waals surface area contributed by atoms with Gasteiger partial charge >= 0.3 is 0 Å². The Kier molecular flexibility index (Phi) is 6.09. The summed E-state index contributed by atoms with van der Waals surface area (Å²) >= 11 is 1.45. The maximum Gasteiger partial charge on any atom is 0.263 e. The lowest BCUT2D eigenvalue weighted by Crippen LogP contribution is -2.24. The van der Waals surface area contributed by atoms with E-state index in [2.05, 4.69) is 10.6 Å². The molecule has 112 valence electrons. The third-order valence-electron chi connectivity index (χ3n) is 2.84. The van der Waals surface area contributed by atoms with Crippen LogP contribution >= 0.6 is 11.3 Å². The van der Waals surface area contributed by atoms with Crippen LogP contribution in [0.3, 0.4) is 0 Å². The molecule has 0 aliphatic heterocycles. The highest BCUT2D eigenvalue weighted by Gasteiger charge is 2.11. The van der Waals surface area contributed by atoms with Gasteiger partial charge in [-0.25, -0.2) is 0 Å². The molecule has 0 aliphatic carbocycles. The number of rotatable bonds is 8. The minimum absolute atomic E-state index is 0.0154. The minimum Gasteiger partial charge on any atom is -0.492 e. The maximum absolute atomic E-state index is 12.0. The maximum atomic E-state index is 12.0. The van der Waals surface area contributed by atoms with E-state index in [1.807, 2.05) is 48.7 Å². The van der Waals surface area contributed by atoms with E-state index in [-0.39, 0.29) is 5.91 Å². The lowest BCUT2D eigenvalue weighted by Gasteiger charge is -2.09. The predicted octanol–water partition coefficient (Wildman–Crippen LogP) is 3.38. The van der Waals surface area contributed by atoms with Crippen molar-refractivity contribution in [3.63, 3.8) is 0 Å². The average molecular weight is 304 g/mol. The fourth-order valence-electron chi connectivity index (χ4n) is 1.81. The van der Waals surface area contributed by atoms with Crippen molar-refractivity contribution in [2.45, 2.75) is 13.3 Å². The Hall–Kier alpha value is -2.01. The Morgan fingerprint density at radius 1 is 1.19 bits per heavy atom. The highest BCUT2D eigenvalue weighted by atomic mass is 32.1. The predicted molar refractivity (Wildman–Crippen MR) is 87.4 cm³/mol. The number of benzene rings is 1. The average Bonchev–Trinajstić information content (AvgIpc) is 2.99. The van der Waals surface area contributed by atoms with Crippen molar-refractivity contribution >= 4 is 22.9 Å². The second-order valence-corrected chi connectivity index (χ2v) is 5.42. The first-order chi connectivity index (χ1) is 10.3. The van der Waals surface area contributed by atoms with Crippen LogP contribution in [0, 0.1) is 0 Å². The molecule has 0 bridgehead atoms. The normalized spacial score (nSPS) is 10.1. The van der Waals surface area contributed by atoms with Crippen molar-refractivity contribution in [3.05, 3.63) is 46.7 Å². The van der Waals surface area contributed by atoms with Gasteiger partial charge in [-0.3, -0.25) is 4.79 Å². The van der Waals surface area contributed by atoms with Crippen molar-refractivity contribution in [1.29, 1.82) is 0 Å². The topological polar surface area (TPSA) is 50.4 Å². The zero-order chi connectivity index (χ0) is 14.9. The zero-order valence-electron chi connectivity index (χ0n) is 12.1. The van der Waals surface area contributed by atoms with Crippen LogP contribution in [0.2, 0.25) is 0 Å². The van der Waals surface area contributed by atoms with Gasteiger partial charge in [0.2, 0.25) is 0 Å². The molecule has 1 aromatic carbocycles. The third-order valence-corrected chi connectivity index (χ3v) is 3.75. The standard InChI is InChI=1S/C16H20N2O2S/c1-2-9-18-16(19)15-14(8-12-21-15)17-10-11-20-13-6-4-3-5-7-13/h3-8,12,17H,2,9-11H2,1H3,(H,18,19). The van der Waals surface area contributed by atoms with Gasteiger partial charge in [-0.15, -0.1) is 11.3 Å². The summed E-state index contributed by atoms with van der Waals surface area (Å²) in [6.45, 7) is 3.94. The number of nitrogens with one attached hydrogen (secondary N) is 2. The number of anilines is 1. The number of hydrogen-bond acceptors (Lipinski definition) is 4. The van der Waals surface area contributed by atoms with E-state index in [1.54, 1.807) is 0 Å². The van der Waals surface area contributed by atoms with Crippen LogP contribution in [-0.2, 0) is 0 Å². The second kappa shape index (κ2) is 8.32. The van der Waals surface area contributed by atoms with Crippen LogP contribution in [0.4, 0.5) is 5.69 Å². The Bertz CT molecular complexity index is 554. The lowest BCUT2D eigenvalue weighted by atomic mass is 10.3. The van der Waals surface area contributed by atoms with Crippen LogP contribution < -0.4 is 15.4 Å². The van der Waals surface area contributed by atoms with Crippen LogP contribution in [-0.4, -0.2) is 25.6 Å². The fourth-order valence-corrected chi connectivity index (χ4v) is 2.60. The van der Waals surface area contributed by atoms with Crippen molar-refractivity contribution in [1.82, 2.24) is 5.32 Å². The first kappa shape index (κ1) is 15.4. The van der Waals surface area contributed by atoms with Crippen molar-refractivity contribution in [3.8, 4) is 5.75 Å². The van der Waals surface area contributed by atoms with Crippen molar-refractivity contribution in [2.75, 3.05) is 25.0 Å². The highest BCUT2D eigenvalue weighted by Crippen LogP contribution is 2.21. The monoisotopic (exact) mass is 304 g/mol. The van der Waals surface area contributed by atoms with E-state index >= 15 is 0 Å². The molecule has 0 atom stereocenters. The zero-order valence-corrected chi connectivity index (χ0v) is 12.9. The fraction of sp³-hybridized carbons (Fsp3) is 0.312. The molecule has 1 aromatic heterocycles. The molecule has 2 rings (SSSR count). The number of hydrogen-bond donors (Lipinski definition) is 2. The van der Waals surface area contributed by atoms with Gasteiger partial charge in [-0.1, -0.05) is 25.1 Å². The molecular weight excluding hydrogens is 284 g/mol. The Balaban J connectivity index is 1.78. The van der Waals surface area contributed by atoms with E-state index in [0.717, 1.165) is 22.7 Å². The number of ether oxygens (including phenoxy) is 1. The molecule has 21 heavy (non-hydrogen) atoms. The van der Waals surface area contributed by atoms with E-state index in [1.165, 1.54) is 11.3 Å². The first-order valence-corrected chi connectivity index (χ1v) is 7.96. The summed E-state index contributed by atoms with van der Waals surface area (Å²) in [7, 11) is 0. The van der Waals surface area contributed by atoms with Crippen LogP contribution in [0.15, 0.2) is 41.8 Å². The molecule has 0 spiro atoms. The minimum atomic E-state index is -0.0154. The smallest absolute Gasteiger partial charge is 0.263 e. The highest BCUT2D eigenvalue weighted by molar-refractivity contribution is 7.12. The number of thiophene rings is 1. The molecular formula is C16H20N2O2S. The number of para-hydroxylation sites is 1. The van der Waals surface area contributed by atoms with E-state index in [9.17, 15) is 4.79 Å². The van der Waals surface area contributed by atoms with Gasteiger partial charge in [-0.05, 0) is 30.0 Å². The van der Waals surface area contributed by atoms with Crippen LogP contribution in [0.1, 0.15) is 23.0 Å². The number of amides is 1. The van der Waals surface area contributed by atoms with E-state index < -0.39 is 0 Å². The summed E-state index contributed by atoms with van der Waals surface area (Å²) in [5.41, 5.74) is 0.866. The van der Waals surface area contributed by atoms with Crippen molar-refractivity contribution < 1.29 is 9.53 Å². The molecule has 0 aliphatic rings. The Labute approximate surface area is 129 Å². The van der Waals surface area contributed by atoms with Gasteiger partial charge in [0.15, 0.2) is 0 Å². The van der Waals surface area contributed by atoms with E-state index in [0.29, 0.717) is 19.7 Å². The number of carbonyl (C=O) groups is 1. The van der Waals surface area contributed by atoms with Gasteiger partial charge < -0.3 is 15.4 Å². The Morgan fingerprint density at radius 3 is 2.76 bits per heavy atom. The summed E-state index contributed by atoms with van der Waals surface area (Å²) in [4.78, 5) is 12.7. The molecule has 0 saturated heterocycles. The molecule has 4 nitrogen and oxygen atoms in total. The number of carbonyl (C=O) groups excluding carboxylic acids is 1. The first-order valence-electron chi connectivity index (χ1n) is 7.08. The SMILES string of the molecule is CCCNC(=O)c1sccc1NCCOc1ccccc1. The lowest BCUT2D eigenvalue weighted by molar-refractivity contribution is 0.0958. The van der Waals surface area contributed by atoms with Gasteiger partial charge in [0.05, 0.1) is 5.69 Å². The quantitative estimate of drug-likeness (QED) is 0.735. The van der Waals surface area contributed by atoms with Crippen LogP contribution in [0.5, 0.6) is 5.75 Å². The molecule has 0 radical (unpaired) electrons. The molecule has 1 amide bonds. The molecule has 1 heterocycles. The Morgan fingerprint density at radius 2 is 2.00 bits per heavy atom. The van der Waals surface area contributed by atoms with Crippen molar-refractivity contribution in [2.24, 2.45) is 0 Å². The third kappa shape index (κ3) is 4.79. The molecule has 2 N–H and O–H groups in total.